The monoisotopic (exact) mass is 319 g/mol. The second-order valence-corrected chi connectivity index (χ2v) is 6.30. The van der Waals surface area contributed by atoms with Crippen LogP contribution in [0.3, 0.4) is 0 Å². The molecule has 0 saturated heterocycles. The SMILES string of the molecule is CCc1nn(CC)c(CSC(C)CCN)c1Br. The van der Waals surface area contributed by atoms with Crippen molar-refractivity contribution in [3.05, 3.63) is 15.9 Å². The quantitative estimate of drug-likeness (QED) is 0.839. The Labute approximate surface area is 117 Å². The van der Waals surface area contributed by atoms with Crippen LogP contribution >= 0.6 is 27.7 Å². The van der Waals surface area contributed by atoms with Gasteiger partial charge in [-0.15, -0.1) is 0 Å². The number of rotatable bonds is 7. The lowest BCUT2D eigenvalue weighted by molar-refractivity contribution is 0.627. The van der Waals surface area contributed by atoms with Crippen molar-refractivity contribution in [2.24, 2.45) is 5.73 Å². The number of hydrogen-bond acceptors (Lipinski definition) is 3. The van der Waals surface area contributed by atoms with Crippen LogP contribution in [0.15, 0.2) is 4.47 Å². The predicted molar refractivity (Wildman–Crippen MR) is 79.4 cm³/mol. The zero-order chi connectivity index (χ0) is 12.8. The summed E-state index contributed by atoms with van der Waals surface area (Å²) in [5, 5.41) is 5.21. The molecular weight excluding hydrogens is 298 g/mol. The smallest absolute Gasteiger partial charge is 0.0767 e. The molecule has 1 rings (SSSR count). The van der Waals surface area contributed by atoms with E-state index in [2.05, 4.69) is 46.5 Å². The highest BCUT2D eigenvalue weighted by molar-refractivity contribution is 9.10. The summed E-state index contributed by atoms with van der Waals surface area (Å²) in [4.78, 5) is 0. The Hall–Kier alpha value is -0.0000000000000000555. The summed E-state index contributed by atoms with van der Waals surface area (Å²) in [5.41, 5.74) is 8.03. The molecule has 17 heavy (non-hydrogen) atoms. The number of aryl methyl sites for hydroxylation is 2. The van der Waals surface area contributed by atoms with Crippen molar-refractivity contribution in [1.82, 2.24) is 9.78 Å². The second-order valence-electron chi connectivity index (χ2n) is 4.08. The van der Waals surface area contributed by atoms with Crippen LogP contribution in [0.2, 0.25) is 0 Å². The summed E-state index contributed by atoms with van der Waals surface area (Å²) in [6, 6.07) is 0. The molecule has 0 aliphatic rings. The third-order valence-corrected chi connectivity index (χ3v) is 4.93. The van der Waals surface area contributed by atoms with Crippen molar-refractivity contribution in [2.45, 2.75) is 51.2 Å². The van der Waals surface area contributed by atoms with Crippen molar-refractivity contribution in [1.29, 1.82) is 0 Å². The standard InChI is InChI=1S/C12H22BrN3S/c1-4-10-12(13)11(16(5-2)15-10)8-17-9(3)6-7-14/h9H,4-8,14H2,1-3H3. The van der Waals surface area contributed by atoms with Crippen LogP contribution in [0.4, 0.5) is 0 Å². The van der Waals surface area contributed by atoms with Crippen LogP contribution in [0.1, 0.15) is 38.6 Å². The number of thioether (sulfide) groups is 1. The molecule has 0 fully saturated rings. The van der Waals surface area contributed by atoms with Crippen LogP contribution in [-0.2, 0) is 18.7 Å². The zero-order valence-electron chi connectivity index (χ0n) is 10.9. The molecule has 0 saturated carbocycles. The molecule has 1 atom stereocenters. The van der Waals surface area contributed by atoms with Gasteiger partial charge in [0, 0.05) is 17.5 Å². The molecule has 5 heteroatoms. The molecule has 0 spiro atoms. The Balaban J connectivity index is 2.72. The number of hydrogen-bond donors (Lipinski definition) is 1. The molecule has 2 N–H and O–H groups in total. The summed E-state index contributed by atoms with van der Waals surface area (Å²) in [6.45, 7) is 8.21. The van der Waals surface area contributed by atoms with E-state index in [1.165, 1.54) is 10.2 Å². The maximum absolute atomic E-state index is 5.57. The minimum atomic E-state index is 0.609. The Kier molecular flexibility index (Phi) is 6.59. The molecule has 98 valence electrons. The van der Waals surface area contributed by atoms with Gasteiger partial charge in [-0.05, 0) is 42.2 Å². The molecule has 1 unspecified atom stereocenters. The molecule has 1 heterocycles. The van der Waals surface area contributed by atoms with Crippen LogP contribution in [-0.4, -0.2) is 21.6 Å². The molecule has 0 bridgehead atoms. The average molecular weight is 320 g/mol. The van der Waals surface area contributed by atoms with Crippen molar-refractivity contribution in [3.8, 4) is 0 Å². The molecule has 1 aromatic heterocycles. The van der Waals surface area contributed by atoms with Gasteiger partial charge in [-0.3, -0.25) is 4.68 Å². The Bertz CT molecular complexity index is 352. The van der Waals surface area contributed by atoms with Gasteiger partial charge in [-0.1, -0.05) is 13.8 Å². The highest BCUT2D eigenvalue weighted by atomic mass is 79.9. The second kappa shape index (κ2) is 7.44. The first kappa shape index (κ1) is 15.1. The number of aromatic nitrogens is 2. The molecule has 1 aromatic rings. The largest absolute Gasteiger partial charge is 0.330 e. The Morgan fingerprint density at radius 3 is 2.71 bits per heavy atom. The third-order valence-electron chi connectivity index (χ3n) is 2.77. The molecule has 0 aliphatic heterocycles. The Morgan fingerprint density at radius 2 is 2.18 bits per heavy atom. The van der Waals surface area contributed by atoms with Crippen LogP contribution in [0, 0.1) is 0 Å². The fourth-order valence-corrected chi connectivity index (χ4v) is 3.62. The van der Waals surface area contributed by atoms with Gasteiger partial charge in [-0.25, -0.2) is 0 Å². The van der Waals surface area contributed by atoms with Crippen molar-refractivity contribution < 1.29 is 0 Å². The molecule has 0 aromatic carbocycles. The van der Waals surface area contributed by atoms with Crippen molar-refractivity contribution >= 4 is 27.7 Å². The fraction of sp³-hybridized carbons (Fsp3) is 0.750. The van der Waals surface area contributed by atoms with Gasteiger partial charge >= 0.3 is 0 Å². The minimum Gasteiger partial charge on any atom is -0.330 e. The van der Waals surface area contributed by atoms with Gasteiger partial charge in [0.25, 0.3) is 0 Å². The number of halogens is 1. The molecular formula is C12H22BrN3S. The maximum atomic E-state index is 5.57. The number of nitrogens with zero attached hydrogens (tertiary/aromatic N) is 2. The molecule has 0 aliphatic carbocycles. The first-order chi connectivity index (χ1) is 8.13. The summed E-state index contributed by atoms with van der Waals surface area (Å²) >= 11 is 5.62. The van der Waals surface area contributed by atoms with Gasteiger partial charge in [0.2, 0.25) is 0 Å². The third kappa shape index (κ3) is 4.00. The lowest BCUT2D eigenvalue weighted by atomic mass is 10.3. The van der Waals surface area contributed by atoms with Crippen LogP contribution in [0.5, 0.6) is 0 Å². The fourth-order valence-electron chi connectivity index (χ4n) is 1.69. The topological polar surface area (TPSA) is 43.8 Å². The Morgan fingerprint density at radius 1 is 1.47 bits per heavy atom. The van der Waals surface area contributed by atoms with Crippen LogP contribution in [0.25, 0.3) is 0 Å². The minimum absolute atomic E-state index is 0.609. The first-order valence-electron chi connectivity index (χ1n) is 6.19. The van der Waals surface area contributed by atoms with Crippen molar-refractivity contribution in [3.63, 3.8) is 0 Å². The van der Waals surface area contributed by atoms with Gasteiger partial charge < -0.3 is 5.73 Å². The first-order valence-corrected chi connectivity index (χ1v) is 8.03. The van der Waals surface area contributed by atoms with E-state index < -0.39 is 0 Å². The van der Waals surface area contributed by atoms with E-state index in [0.29, 0.717) is 5.25 Å². The van der Waals surface area contributed by atoms with Gasteiger partial charge in [0.15, 0.2) is 0 Å². The number of nitrogens with two attached hydrogens (primary N) is 1. The van der Waals surface area contributed by atoms with E-state index in [4.69, 9.17) is 5.73 Å². The van der Waals surface area contributed by atoms with Gasteiger partial charge in [-0.2, -0.15) is 16.9 Å². The maximum Gasteiger partial charge on any atom is 0.0767 e. The van der Waals surface area contributed by atoms with Crippen molar-refractivity contribution in [2.75, 3.05) is 6.54 Å². The average Bonchev–Trinajstić information content (AvgIpc) is 2.63. The van der Waals surface area contributed by atoms with E-state index in [-0.39, 0.29) is 0 Å². The summed E-state index contributed by atoms with van der Waals surface area (Å²) in [6.07, 6.45) is 2.05. The van der Waals surface area contributed by atoms with E-state index in [0.717, 1.165) is 37.4 Å². The van der Waals surface area contributed by atoms with Gasteiger partial charge in [0.05, 0.1) is 15.9 Å². The lowest BCUT2D eigenvalue weighted by Crippen LogP contribution is -2.08. The molecule has 0 amide bonds. The van der Waals surface area contributed by atoms with Crippen LogP contribution < -0.4 is 5.73 Å². The highest BCUT2D eigenvalue weighted by Gasteiger charge is 2.14. The van der Waals surface area contributed by atoms with Gasteiger partial charge in [0.1, 0.15) is 0 Å². The summed E-state index contributed by atoms with van der Waals surface area (Å²) < 4.78 is 3.29. The van der Waals surface area contributed by atoms with E-state index >= 15 is 0 Å². The van der Waals surface area contributed by atoms with E-state index in [1.807, 2.05) is 11.8 Å². The molecule has 0 radical (unpaired) electrons. The predicted octanol–water partition coefficient (Wildman–Crippen LogP) is 3.20. The highest BCUT2D eigenvalue weighted by Crippen LogP contribution is 2.28. The zero-order valence-corrected chi connectivity index (χ0v) is 13.3. The lowest BCUT2D eigenvalue weighted by Gasteiger charge is -2.10. The summed E-state index contributed by atoms with van der Waals surface area (Å²) in [5.74, 6) is 1.00. The van der Waals surface area contributed by atoms with E-state index in [9.17, 15) is 0 Å². The normalized spacial score (nSPS) is 13.0. The molecule has 3 nitrogen and oxygen atoms in total. The summed E-state index contributed by atoms with van der Waals surface area (Å²) in [7, 11) is 0. The van der Waals surface area contributed by atoms with E-state index in [1.54, 1.807) is 0 Å².